The summed E-state index contributed by atoms with van der Waals surface area (Å²) in [5.41, 5.74) is 3.05. The van der Waals surface area contributed by atoms with Crippen molar-refractivity contribution < 1.29 is 18.3 Å². The lowest BCUT2D eigenvalue weighted by molar-refractivity contribution is 0.0142. The Kier molecular flexibility index (Phi) is 6.40. The summed E-state index contributed by atoms with van der Waals surface area (Å²) in [4.78, 5) is 8.08. The number of methoxy groups -OCH3 is 1. The van der Waals surface area contributed by atoms with Crippen molar-refractivity contribution in [1.82, 2.24) is 15.4 Å². The summed E-state index contributed by atoms with van der Waals surface area (Å²) >= 11 is 0. The summed E-state index contributed by atoms with van der Waals surface area (Å²) in [6.45, 7) is -0.451. The van der Waals surface area contributed by atoms with Crippen LogP contribution < -0.4 is 16.0 Å². The highest BCUT2D eigenvalue weighted by molar-refractivity contribution is 5.20. The average molecular weight is 262 g/mol. The molecule has 1 aromatic rings. The van der Waals surface area contributed by atoms with Crippen LogP contribution in [0.3, 0.4) is 0 Å². The highest BCUT2D eigenvalue weighted by atomic mass is 19.3. The molecule has 0 amide bonds. The zero-order valence-electron chi connectivity index (χ0n) is 9.97. The fraction of sp³-hybridized carbons (Fsp3) is 0.600. The second kappa shape index (κ2) is 7.85. The molecule has 1 heterocycles. The quantitative estimate of drug-likeness (QED) is 0.407. The van der Waals surface area contributed by atoms with Gasteiger partial charge in [-0.2, -0.15) is 0 Å². The molecule has 1 atom stereocenters. The van der Waals surface area contributed by atoms with Gasteiger partial charge in [0.05, 0.1) is 13.2 Å². The lowest BCUT2D eigenvalue weighted by atomic mass is 10.1. The molecule has 0 fully saturated rings. The minimum atomic E-state index is -2.47. The van der Waals surface area contributed by atoms with Crippen LogP contribution in [-0.4, -0.2) is 36.7 Å². The number of hydrogen-bond donors (Lipinski definition) is 2. The van der Waals surface area contributed by atoms with Crippen LogP contribution in [0.25, 0.3) is 0 Å². The number of halogens is 2. The van der Waals surface area contributed by atoms with Gasteiger partial charge in [0.25, 0.3) is 6.43 Å². The van der Waals surface area contributed by atoms with Crippen molar-refractivity contribution in [2.45, 2.75) is 18.9 Å². The van der Waals surface area contributed by atoms with Crippen molar-refractivity contribution in [3.63, 3.8) is 0 Å². The second-order valence-corrected chi connectivity index (χ2v) is 3.42. The number of rotatable bonds is 8. The summed E-state index contributed by atoms with van der Waals surface area (Å²) < 4.78 is 33.6. The standard InChI is InChI=1S/C10H16F2N4O2/c1-17-10-9(14-3-4-15-10)7(16-13)2-5-18-6-8(11)12/h3-4,7-8,16H,2,5-6,13H2,1H3. The second-order valence-electron chi connectivity index (χ2n) is 3.42. The van der Waals surface area contributed by atoms with Crippen molar-refractivity contribution in [2.75, 3.05) is 20.3 Å². The maximum atomic E-state index is 11.9. The fourth-order valence-electron chi connectivity index (χ4n) is 1.40. The predicted molar refractivity (Wildman–Crippen MR) is 60.1 cm³/mol. The van der Waals surface area contributed by atoms with E-state index in [1.165, 1.54) is 19.5 Å². The van der Waals surface area contributed by atoms with Crippen LogP contribution in [0.2, 0.25) is 0 Å². The molecular weight excluding hydrogens is 246 g/mol. The molecule has 1 aromatic heterocycles. The first-order chi connectivity index (χ1) is 8.69. The van der Waals surface area contributed by atoms with E-state index in [1.807, 2.05) is 0 Å². The number of nitrogens with two attached hydrogens (primary N) is 1. The fourth-order valence-corrected chi connectivity index (χ4v) is 1.40. The average Bonchev–Trinajstić information content (AvgIpc) is 2.38. The molecule has 0 aliphatic carbocycles. The Hall–Kier alpha value is -1.38. The number of alkyl halides is 2. The molecule has 0 saturated heterocycles. The van der Waals surface area contributed by atoms with Gasteiger partial charge in [-0.1, -0.05) is 0 Å². The first-order valence-corrected chi connectivity index (χ1v) is 5.36. The van der Waals surface area contributed by atoms with E-state index in [2.05, 4.69) is 15.4 Å². The summed E-state index contributed by atoms with van der Waals surface area (Å²) in [6.07, 6.45) is 0.907. The van der Waals surface area contributed by atoms with E-state index in [0.717, 1.165) is 0 Å². The number of hydrogen-bond acceptors (Lipinski definition) is 6. The first-order valence-electron chi connectivity index (χ1n) is 5.36. The van der Waals surface area contributed by atoms with Gasteiger partial charge < -0.3 is 9.47 Å². The van der Waals surface area contributed by atoms with Crippen LogP contribution in [-0.2, 0) is 4.74 Å². The van der Waals surface area contributed by atoms with Gasteiger partial charge in [0.15, 0.2) is 0 Å². The maximum Gasteiger partial charge on any atom is 0.261 e. The van der Waals surface area contributed by atoms with Gasteiger partial charge in [-0.15, -0.1) is 0 Å². The van der Waals surface area contributed by atoms with E-state index in [9.17, 15) is 8.78 Å². The topological polar surface area (TPSA) is 82.3 Å². The van der Waals surface area contributed by atoms with Gasteiger partial charge in [-0.25, -0.2) is 13.8 Å². The zero-order valence-corrected chi connectivity index (χ0v) is 9.97. The molecular formula is C10H16F2N4O2. The molecule has 0 aliphatic rings. The highest BCUT2D eigenvalue weighted by Gasteiger charge is 2.17. The van der Waals surface area contributed by atoms with Crippen molar-refractivity contribution in [2.24, 2.45) is 5.84 Å². The molecule has 0 spiro atoms. The third-order valence-electron chi connectivity index (χ3n) is 2.21. The minimum Gasteiger partial charge on any atom is -0.480 e. The largest absolute Gasteiger partial charge is 0.480 e. The minimum absolute atomic E-state index is 0.138. The molecule has 18 heavy (non-hydrogen) atoms. The highest BCUT2D eigenvalue weighted by Crippen LogP contribution is 2.21. The van der Waals surface area contributed by atoms with Gasteiger partial charge in [-0.3, -0.25) is 16.3 Å². The Labute approximate surface area is 103 Å². The number of ether oxygens (including phenoxy) is 2. The zero-order chi connectivity index (χ0) is 13.4. The normalized spacial score (nSPS) is 12.7. The van der Waals surface area contributed by atoms with Gasteiger partial charge in [-0.05, 0) is 6.42 Å². The monoisotopic (exact) mass is 262 g/mol. The van der Waals surface area contributed by atoms with Crippen molar-refractivity contribution in [3.05, 3.63) is 18.1 Å². The Bertz CT molecular complexity index is 354. The van der Waals surface area contributed by atoms with Crippen LogP contribution >= 0.6 is 0 Å². The Morgan fingerprint density at radius 3 is 2.72 bits per heavy atom. The molecule has 102 valence electrons. The number of aromatic nitrogens is 2. The van der Waals surface area contributed by atoms with Crippen LogP contribution in [0.5, 0.6) is 5.88 Å². The predicted octanol–water partition coefficient (Wildman–Crippen LogP) is 0.661. The SMILES string of the molecule is COc1nccnc1C(CCOCC(F)F)NN. The number of nitrogens with zero attached hydrogens (tertiary/aromatic N) is 2. The molecule has 8 heteroatoms. The van der Waals surface area contributed by atoms with E-state index in [0.29, 0.717) is 18.0 Å². The summed E-state index contributed by atoms with van der Waals surface area (Å²) in [7, 11) is 1.47. The third-order valence-corrected chi connectivity index (χ3v) is 2.21. The van der Waals surface area contributed by atoms with E-state index >= 15 is 0 Å². The van der Waals surface area contributed by atoms with Gasteiger partial charge in [0.2, 0.25) is 5.88 Å². The van der Waals surface area contributed by atoms with Gasteiger partial charge >= 0.3 is 0 Å². The van der Waals surface area contributed by atoms with Crippen LogP contribution in [0.1, 0.15) is 18.2 Å². The first kappa shape index (κ1) is 14.7. The summed E-state index contributed by atoms with van der Waals surface area (Å²) in [6, 6.07) is -0.369. The maximum absolute atomic E-state index is 11.9. The molecule has 0 radical (unpaired) electrons. The number of hydrazine groups is 1. The van der Waals surface area contributed by atoms with Crippen molar-refractivity contribution in [1.29, 1.82) is 0 Å². The Morgan fingerprint density at radius 2 is 2.11 bits per heavy atom. The molecule has 0 saturated carbocycles. The summed E-state index contributed by atoms with van der Waals surface area (Å²) in [5.74, 6) is 5.74. The Morgan fingerprint density at radius 1 is 1.39 bits per heavy atom. The third kappa shape index (κ3) is 4.47. The summed E-state index contributed by atoms with van der Waals surface area (Å²) in [5, 5.41) is 0. The van der Waals surface area contributed by atoms with Gasteiger partial charge in [0, 0.05) is 19.0 Å². The lowest BCUT2D eigenvalue weighted by Gasteiger charge is -2.16. The Balaban J connectivity index is 2.54. The van der Waals surface area contributed by atoms with Gasteiger partial charge in [0.1, 0.15) is 12.3 Å². The van der Waals surface area contributed by atoms with E-state index < -0.39 is 13.0 Å². The molecule has 1 rings (SSSR count). The van der Waals surface area contributed by atoms with Crippen LogP contribution in [0, 0.1) is 0 Å². The lowest BCUT2D eigenvalue weighted by Crippen LogP contribution is -2.30. The van der Waals surface area contributed by atoms with E-state index in [4.69, 9.17) is 15.3 Å². The van der Waals surface area contributed by atoms with Crippen LogP contribution in [0.15, 0.2) is 12.4 Å². The van der Waals surface area contributed by atoms with E-state index in [1.54, 1.807) is 0 Å². The van der Waals surface area contributed by atoms with Crippen molar-refractivity contribution >= 4 is 0 Å². The smallest absolute Gasteiger partial charge is 0.261 e. The molecule has 6 nitrogen and oxygen atoms in total. The van der Waals surface area contributed by atoms with E-state index in [-0.39, 0.29) is 12.6 Å². The number of nitrogens with one attached hydrogen (secondary N) is 1. The molecule has 3 N–H and O–H groups in total. The van der Waals surface area contributed by atoms with Crippen LogP contribution in [0.4, 0.5) is 8.78 Å². The molecule has 0 aliphatic heterocycles. The van der Waals surface area contributed by atoms with Crippen molar-refractivity contribution in [3.8, 4) is 5.88 Å². The molecule has 1 unspecified atom stereocenters. The molecule has 0 aromatic carbocycles. The molecule has 0 bridgehead atoms.